The summed E-state index contributed by atoms with van der Waals surface area (Å²) in [5.74, 6) is -3.91. The number of piperidine rings is 1. The lowest BCUT2D eigenvalue weighted by Crippen LogP contribution is -2.42. The van der Waals surface area contributed by atoms with E-state index in [1.807, 2.05) is 0 Å². The van der Waals surface area contributed by atoms with Gasteiger partial charge in [-0.25, -0.2) is 13.2 Å². The van der Waals surface area contributed by atoms with Gasteiger partial charge in [0.25, 0.3) is 11.8 Å². The van der Waals surface area contributed by atoms with Gasteiger partial charge in [-0.15, -0.1) is 0 Å². The van der Waals surface area contributed by atoms with Crippen molar-refractivity contribution in [3.8, 4) is 0 Å². The van der Waals surface area contributed by atoms with Gasteiger partial charge in [0.05, 0.1) is 5.02 Å². The molecule has 1 amide bonds. The van der Waals surface area contributed by atoms with E-state index in [1.165, 1.54) is 11.0 Å². The minimum atomic E-state index is -2.72. The van der Waals surface area contributed by atoms with E-state index in [9.17, 15) is 18.0 Å². The van der Waals surface area contributed by atoms with Crippen LogP contribution in [0.1, 0.15) is 23.2 Å². The van der Waals surface area contributed by atoms with Gasteiger partial charge in [-0.2, -0.15) is 0 Å². The maximum absolute atomic E-state index is 13.4. The first-order valence-corrected chi connectivity index (χ1v) is 6.79. The number of halogens is 5. The largest absolute Gasteiger partial charge is 0.338 e. The van der Waals surface area contributed by atoms with E-state index in [1.54, 1.807) is 0 Å². The highest BCUT2D eigenvalue weighted by atomic mass is 79.9. The molecular formula is C12H10BrClF3NO. The Morgan fingerprint density at radius 3 is 2.42 bits per heavy atom. The normalized spacial score (nSPS) is 18.5. The Labute approximate surface area is 121 Å². The number of carbonyl (C=O) groups excluding carboxylic acids is 1. The van der Waals surface area contributed by atoms with Crippen molar-refractivity contribution in [1.29, 1.82) is 0 Å². The molecule has 0 radical (unpaired) electrons. The molecule has 104 valence electrons. The standard InChI is InChI=1S/C12H10BrClF3NO/c13-8-5-7(6-9(15)10(8)14)11(19)18-3-1-12(16,17)2-4-18/h5-6H,1-4H2. The van der Waals surface area contributed by atoms with E-state index in [0.29, 0.717) is 0 Å². The second-order valence-electron chi connectivity index (χ2n) is 4.40. The Morgan fingerprint density at radius 2 is 1.89 bits per heavy atom. The molecule has 0 unspecified atom stereocenters. The quantitative estimate of drug-likeness (QED) is 0.693. The minimum absolute atomic E-state index is 0.0340. The molecule has 1 fully saturated rings. The molecule has 1 aromatic rings. The molecule has 0 saturated carbocycles. The summed E-state index contributed by atoms with van der Waals surface area (Å²) in [4.78, 5) is 13.4. The number of benzene rings is 1. The van der Waals surface area contributed by atoms with E-state index in [2.05, 4.69) is 15.9 Å². The highest BCUT2D eigenvalue weighted by molar-refractivity contribution is 9.10. The van der Waals surface area contributed by atoms with Crippen molar-refractivity contribution in [2.24, 2.45) is 0 Å². The van der Waals surface area contributed by atoms with Gasteiger partial charge < -0.3 is 4.90 Å². The Balaban J connectivity index is 2.17. The zero-order valence-corrected chi connectivity index (χ0v) is 12.1. The number of hydrogen-bond donors (Lipinski definition) is 0. The monoisotopic (exact) mass is 355 g/mol. The van der Waals surface area contributed by atoms with Crippen molar-refractivity contribution in [2.45, 2.75) is 18.8 Å². The first-order chi connectivity index (χ1) is 8.80. The summed E-state index contributed by atoms with van der Waals surface area (Å²) in [5.41, 5.74) is 0.0963. The fourth-order valence-electron chi connectivity index (χ4n) is 1.90. The topological polar surface area (TPSA) is 20.3 Å². The van der Waals surface area contributed by atoms with Crippen LogP contribution in [0, 0.1) is 5.82 Å². The van der Waals surface area contributed by atoms with Crippen molar-refractivity contribution in [3.05, 3.63) is 33.0 Å². The number of nitrogens with zero attached hydrogens (tertiary/aromatic N) is 1. The average molecular weight is 357 g/mol. The Kier molecular flexibility index (Phi) is 4.11. The number of likely N-dealkylation sites (tertiary alicyclic amines) is 1. The van der Waals surface area contributed by atoms with Crippen LogP contribution in [0.3, 0.4) is 0 Å². The smallest absolute Gasteiger partial charge is 0.254 e. The lowest BCUT2D eigenvalue weighted by molar-refractivity contribution is -0.0494. The third-order valence-corrected chi connectivity index (χ3v) is 4.25. The molecule has 2 rings (SSSR count). The van der Waals surface area contributed by atoms with E-state index in [0.717, 1.165) is 6.07 Å². The van der Waals surface area contributed by atoms with Crippen LogP contribution in [0.4, 0.5) is 13.2 Å². The van der Waals surface area contributed by atoms with Crippen molar-refractivity contribution in [2.75, 3.05) is 13.1 Å². The maximum Gasteiger partial charge on any atom is 0.254 e. The van der Waals surface area contributed by atoms with Crippen LogP contribution < -0.4 is 0 Å². The molecule has 0 bridgehead atoms. The van der Waals surface area contributed by atoms with E-state index < -0.39 is 17.6 Å². The summed E-state index contributed by atoms with van der Waals surface area (Å²) in [6.45, 7) is -0.0681. The summed E-state index contributed by atoms with van der Waals surface area (Å²) in [5, 5.41) is -0.110. The Hall–Kier alpha value is -0.750. The molecule has 7 heteroatoms. The highest BCUT2D eigenvalue weighted by Crippen LogP contribution is 2.30. The van der Waals surface area contributed by atoms with Gasteiger partial charge in [-0.3, -0.25) is 4.79 Å². The van der Waals surface area contributed by atoms with Gasteiger partial charge in [-0.1, -0.05) is 11.6 Å². The van der Waals surface area contributed by atoms with Crippen LogP contribution in [0.5, 0.6) is 0 Å². The van der Waals surface area contributed by atoms with Crippen LogP contribution in [0.15, 0.2) is 16.6 Å². The molecule has 0 aromatic heterocycles. The molecule has 1 saturated heterocycles. The van der Waals surface area contributed by atoms with Crippen LogP contribution in [0.2, 0.25) is 5.02 Å². The first-order valence-electron chi connectivity index (χ1n) is 5.62. The summed E-state index contributed by atoms with van der Waals surface area (Å²) < 4.78 is 39.7. The zero-order chi connectivity index (χ0) is 14.2. The predicted molar refractivity (Wildman–Crippen MR) is 69.2 cm³/mol. The van der Waals surface area contributed by atoms with Crippen LogP contribution in [-0.4, -0.2) is 29.8 Å². The third kappa shape index (κ3) is 3.23. The van der Waals surface area contributed by atoms with Gasteiger partial charge in [0.15, 0.2) is 0 Å². The van der Waals surface area contributed by atoms with Crippen molar-refractivity contribution < 1.29 is 18.0 Å². The average Bonchev–Trinajstić information content (AvgIpc) is 2.34. The fourth-order valence-corrected chi connectivity index (χ4v) is 2.44. The van der Waals surface area contributed by atoms with Gasteiger partial charge >= 0.3 is 0 Å². The second-order valence-corrected chi connectivity index (χ2v) is 5.63. The van der Waals surface area contributed by atoms with Gasteiger partial charge in [0, 0.05) is 36.0 Å². The molecule has 1 aromatic carbocycles. The zero-order valence-electron chi connectivity index (χ0n) is 9.73. The number of amides is 1. The molecular weight excluding hydrogens is 346 g/mol. The third-order valence-electron chi connectivity index (χ3n) is 3.01. The SMILES string of the molecule is O=C(c1cc(F)c(Cl)c(Br)c1)N1CCC(F)(F)CC1. The van der Waals surface area contributed by atoms with Gasteiger partial charge in [-0.05, 0) is 28.1 Å². The summed E-state index contributed by atoms with van der Waals surface area (Å²) in [6, 6.07) is 2.41. The van der Waals surface area contributed by atoms with Crippen molar-refractivity contribution in [1.82, 2.24) is 4.90 Å². The molecule has 0 spiro atoms. The van der Waals surface area contributed by atoms with E-state index in [-0.39, 0.29) is 41.0 Å². The Morgan fingerprint density at radius 1 is 1.32 bits per heavy atom. The molecule has 0 aliphatic carbocycles. The predicted octanol–water partition coefficient (Wildman–Crippen LogP) is 4.11. The van der Waals surface area contributed by atoms with Gasteiger partial charge in [0.1, 0.15) is 5.82 Å². The molecule has 1 aliphatic heterocycles. The highest BCUT2D eigenvalue weighted by Gasteiger charge is 2.35. The van der Waals surface area contributed by atoms with Gasteiger partial charge in [0.2, 0.25) is 0 Å². The minimum Gasteiger partial charge on any atom is -0.338 e. The molecule has 0 N–H and O–H groups in total. The summed E-state index contributed by atoms with van der Waals surface area (Å²) >= 11 is 8.68. The maximum atomic E-state index is 13.4. The van der Waals surface area contributed by atoms with Crippen LogP contribution in [0.25, 0.3) is 0 Å². The lowest BCUT2D eigenvalue weighted by atomic mass is 10.1. The fraction of sp³-hybridized carbons (Fsp3) is 0.417. The number of rotatable bonds is 1. The van der Waals surface area contributed by atoms with Crippen LogP contribution in [-0.2, 0) is 0 Å². The van der Waals surface area contributed by atoms with Crippen LogP contribution >= 0.6 is 27.5 Å². The van der Waals surface area contributed by atoms with Crippen molar-refractivity contribution in [3.63, 3.8) is 0 Å². The molecule has 2 nitrogen and oxygen atoms in total. The van der Waals surface area contributed by atoms with E-state index >= 15 is 0 Å². The van der Waals surface area contributed by atoms with Crippen molar-refractivity contribution >= 4 is 33.4 Å². The lowest BCUT2D eigenvalue weighted by Gasteiger charge is -2.31. The molecule has 0 atom stereocenters. The number of alkyl halides is 2. The molecule has 19 heavy (non-hydrogen) atoms. The summed E-state index contributed by atoms with van der Waals surface area (Å²) in [6.07, 6.45) is -0.730. The molecule has 1 heterocycles. The number of hydrogen-bond acceptors (Lipinski definition) is 1. The molecule has 1 aliphatic rings. The number of carbonyl (C=O) groups is 1. The first kappa shape index (κ1) is 14.7. The summed E-state index contributed by atoms with van der Waals surface area (Å²) in [7, 11) is 0. The van der Waals surface area contributed by atoms with E-state index in [4.69, 9.17) is 11.6 Å². The second kappa shape index (κ2) is 5.32. The Bertz CT molecular complexity index is 491.